The van der Waals surface area contributed by atoms with Crippen molar-refractivity contribution in [1.29, 1.82) is 0 Å². The molecule has 0 radical (unpaired) electrons. The number of likely N-dealkylation sites (N-methyl/N-ethyl adjacent to an activating group) is 1. The maximum Gasteiger partial charge on any atom is 0.221 e. The van der Waals surface area contributed by atoms with Crippen molar-refractivity contribution in [2.45, 2.75) is 12.8 Å². The molecular formula is C11H19N5. The molecule has 1 aromatic rings. The minimum absolute atomic E-state index is 0.338. The van der Waals surface area contributed by atoms with Crippen molar-refractivity contribution in [2.24, 2.45) is 0 Å². The van der Waals surface area contributed by atoms with Crippen LogP contribution in [0.1, 0.15) is 12.8 Å². The number of hydrogen-bond acceptors (Lipinski definition) is 5. The monoisotopic (exact) mass is 221 g/mol. The van der Waals surface area contributed by atoms with Gasteiger partial charge >= 0.3 is 0 Å². The van der Waals surface area contributed by atoms with Crippen LogP contribution in [0.2, 0.25) is 0 Å². The molecule has 0 saturated carbocycles. The van der Waals surface area contributed by atoms with Crippen LogP contribution in [0.4, 0.5) is 11.8 Å². The zero-order valence-electron chi connectivity index (χ0n) is 9.76. The van der Waals surface area contributed by atoms with Crippen LogP contribution in [0.25, 0.3) is 0 Å². The van der Waals surface area contributed by atoms with Gasteiger partial charge in [0.25, 0.3) is 0 Å². The normalized spacial score (nSPS) is 16.6. The molecule has 2 rings (SSSR count). The Labute approximate surface area is 96.3 Å². The number of nitrogens with zero attached hydrogens (tertiary/aromatic N) is 4. The summed E-state index contributed by atoms with van der Waals surface area (Å²) in [4.78, 5) is 12.7. The van der Waals surface area contributed by atoms with Crippen LogP contribution in [0.3, 0.4) is 0 Å². The molecule has 0 amide bonds. The Hall–Kier alpha value is -1.36. The van der Waals surface area contributed by atoms with Gasteiger partial charge in [-0.25, -0.2) is 4.98 Å². The fraction of sp³-hybridized carbons (Fsp3) is 0.636. The van der Waals surface area contributed by atoms with Crippen LogP contribution >= 0.6 is 0 Å². The summed E-state index contributed by atoms with van der Waals surface area (Å²) in [5.41, 5.74) is 5.56. The van der Waals surface area contributed by atoms with Crippen molar-refractivity contribution in [3.05, 3.63) is 12.3 Å². The number of aromatic nitrogens is 2. The van der Waals surface area contributed by atoms with Crippen LogP contribution in [-0.4, -0.2) is 48.1 Å². The van der Waals surface area contributed by atoms with Gasteiger partial charge < -0.3 is 15.5 Å². The van der Waals surface area contributed by atoms with Gasteiger partial charge in [0.2, 0.25) is 5.95 Å². The Morgan fingerprint density at radius 1 is 1.44 bits per heavy atom. The van der Waals surface area contributed by atoms with Gasteiger partial charge in [-0.3, -0.25) is 0 Å². The Bertz CT molecular complexity index is 335. The number of hydrogen-bond donors (Lipinski definition) is 1. The topological polar surface area (TPSA) is 58.3 Å². The lowest BCUT2D eigenvalue weighted by molar-refractivity contribution is 0.346. The summed E-state index contributed by atoms with van der Waals surface area (Å²) < 4.78 is 0. The largest absolute Gasteiger partial charge is 0.368 e. The van der Waals surface area contributed by atoms with Crippen molar-refractivity contribution < 1.29 is 0 Å². The van der Waals surface area contributed by atoms with Crippen molar-refractivity contribution in [2.75, 3.05) is 43.9 Å². The summed E-state index contributed by atoms with van der Waals surface area (Å²) >= 11 is 0. The quantitative estimate of drug-likeness (QED) is 0.806. The van der Waals surface area contributed by atoms with E-state index in [1.165, 1.54) is 25.9 Å². The molecule has 0 aromatic carbocycles. The molecule has 0 atom stereocenters. The first kappa shape index (κ1) is 11.1. The van der Waals surface area contributed by atoms with Gasteiger partial charge in [0.05, 0.1) is 0 Å². The van der Waals surface area contributed by atoms with Crippen LogP contribution in [0.15, 0.2) is 12.3 Å². The first-order chi connectivity index (χ1) is 7.75. The van der Waals surface area contributed by atoms with Gasteiger partial charge in [-0.2, -0.15) is 4.98 Å². The van der Waals surface area contributed by atoms with E-state index in [1.807, 2.05) is 13.1 Å². The second-order valence-corrected chi connectivity index (χ2v) is 4.24. The van der Waals surface area contributed by atoms with Gasteiger partial charge in [-0.1, -0.05) is 0 Å². The predicted octanol–water partition coefficient (Wildman–Crippen LogP) is 0.591. The molecule has 0 aliphatic carbocycles. The molecule has 0 bridgehead atoms. The maximum atomic E-state index is 5.56. The zero-order valence-corrected chi connectivity index (χ0v) is 9.76. The third kappa shape index (κ3) is 2.82. The van der Waals surface area contributed by atoms with Crippen LogP contribution in [0, 0.1) is 0 Å². The van der Waals surface area contributed by atoms with E-state index in [-0.39, 0.29) is 0 Å². The third-order valence-corrected chi connectivity index (χ3v) is 3.00. The van der Waals surface area contributed by atoms with Crippen molar-refractivity contribution in [3.8, 4) is 0 Å². The molecule has 88 valence electrons. The molecule has 0 spiro atoms. The first-order valence-corrected chi connectivity index (χ1v) is 5.78. The smallest absolute Gasteiger partial charge is 0.221 e. The van der Waals surface area contributed by atoms with E-state index in [0.717, 1.165) is 18.9 Å². The summed E-state index contributed by atoms with van der Waals surface area (Å²) in [7, 11) is 2.04. The zero-order chi connectivity index (χ0) is 11.4. The fourth-order valence-electron chi connectivity index (χ4n) is 1.99. The van der Waals surface area contributed by atoms with Crippen molar-refractivity contribution in [1.82, 2.24) is 14.9 Å². The SMILES string of the molecule is CN(CCN1CCCC1)c1ccnc(N)n1. The standard InChI is InChI=1S/C11H19N5/c1-15(8-9-16-6-2-3-7-16)10-4-5-13-11(12)14-10/h4-5H,2-3,6-9H2,1H3,(H2,12,13,14). The van der Waals surface area contributed by atoms with Crippen molar-refractivity contribution in [3.63, 3.8) is 0 Å². The van der Waals surface area contributed by atoms with E-state index in [2.05, 4.69) is 19.8 Å². The lowest BCUT2D eigenvalue weighted by atomic mass is 10.4. The minimum atomic E-state index is 0.338. The Morgan fingerprint density at radius 2 is 2.19 bits per heavy atom. The Balaban J connectivity index is 1.85. The summed E-state index contributed by atoms with van der Waals surface area (Å²) in [5.74, 6) is 1.23. The third-order valence-electron chi connectivity index (χ3n) is 3.00. The average molecular weight is 221 g/mol. The second kappa shape index (κ2) is 5.12. The van der Waals surface area contributed by atoms with Gasteiger partial charge in [-0.05, 0) is 32.0 Å². The first-order valence-electron chi connectivity index (χ1n) is 5.78. The molecule has 1 saturated heterocycles. The van der Waals surface area contributed by atoms with E-state index in [9.17, 15) is 0 Å². The van der Waals surface area contributed by atoms with E-state index < -0.39 is 0 Å². The van der Waals surface area contributed by atoms with Gasteiger partial charge in [0.1, 0.15) is 5.82 Å². The van der Waals surface area contributed by atoms with Gasteiger partial charge in [0.15, 0.2) is 0 Å². The molecule has 16 heavy (non-hydrogen) atoms. The Morgan fingerprint density at radius 3 is 2.88 bits per heavy atom. The molecule has 5 nitrogen and oxygen atoms in total. The lowest BCUT2D eigenvalue weighted by Gasteiger charge is -2.22. The van der Waals surface area contributed by atoms with Gasteiger partial charge in [0, 0.05) is 26.3 Å². The number of rotatable bonds is 4. The predicted molar refractivity (Wildman–Crippen MR) is 65.4 cm³/mol. The highest BCUT2D eigenvalue weighted by atomic mass is 15.2. The van der Waals surface area contributed by atoms with E-state index >= 15 is 0 Å². The van der Waals surface area contributed by atoms with E-state index in [1.54, 1.807) is 6.20 Å². The molecule has 2 N–H and O–H groups in total. The molecule has 1 aromatic heterocycles. The highest BCUT2D eigenvalue weighted by Crippen LogP contribution is 2.10. The van der Waals surface area contributed by atoms with Crippen LogP contribution in [0.5, 0.6) is 0 Å². The molecule has 2 heterocycles. The molecule has 1 aliphatic rings. The van der Waals surface area contributed by atoms with Crippen LogP contribution < -0.4 is 10.6 Å². The number of nitrogen functional groups attached to an aromatic ring is 1. The molecule has 0 unspecified atom stereocenters. The molecule has 5 heteroatoms. The maximum absolute atomic E-state index is 5.56. The molecule has 1 fully saturated rings. The Kier molecular flexibility index (Phi) is 3.56. The summed E-state index contributed by atoms with van der Waals surface area (Å²) in [6.07, 6.45) is 4.37. The van der Waals surface area contributed by atoms with Gasteiger partial charge in [-0.15, -0.1) is 0 Å². The highest BCUT2D eigenvalue weighted by Gasteiger charge is 2.12. The summed E-state index contributed by atoms with van der Waals surface area (Å²) in [6.45, 7) is 4.55. The lowest BCUT2D eigenvalue weighted by Crippen LogP contribution is -2.31. The second-order valence-electron chi connectivity index (χ2n) is 4.24. The number of nitrogens with two attached hydrogens (primary N) is 1. The van der Waals surface area contributed by atoms with Crippen LogP contribution in [-0.2, 0) is 0 Å². The highest BCUT2D eigenvalue weighted by molar-refractivity contribution is 5.39. The average Bonchev–Trinajstić information content (AvgIpc) is 2.78. The summed E-state index contributed by atoms with van der Waals surface area (Å²) in [5, 5.41) is 0. The van der Waals surface area contributed by atoms with Crippen molar-refractivity contribution >= 4 is 11.8 Å². The number of likely N-dealkylation sites (tertiary alicyclic amines) is 1. The summed E-state index contributed by atoms with van der Waals surface area (Å²) in [6, 6.07) is 1.89. The molecule has 1 aliphatic heterocycles. The van der Waals surface area contributed by atoms with E-state index in [0.29, 0.717) is 5.95 Å². The fourth-order valence-corrected chi connectivity index (χ4v) is 1.99. The minimum Gasteiger partial charge on any atom is -0.368 e. The molecular weight excluding hydrogens is 202 g/mol. The number of anilines is 2. The van der Waals surface area contributed by atoms with E-state index in [4.69, 9.17) is 5.73 Å².